The van der Waals surface area contributed by atoms with Crippen LogP contribution in [0.25, 0.3) is 0 Å². The van der Waals surface area contributed by atoms with Crippen molar-refractivity contribution in [2.45, 2.75) is 32.1 Å². The second-order valence-electron chi connectivity index (χ2n) is 4.77. The van der Waals surface area contributed by atoms with Gasteiger partial charge in [0, 0.05) is 10.0 Å². The number of aryl methyl sites for hydroxylation is 2. The monoisotopic (exact) mass is 354 g/mol. The predicted octanol–water partition coefficient (Wildman–Crippen LogP) is 6.04. The number of hydrogen-bond acceptors (Lipinski definition) is 0. The fourth-order valence-corrected chi connectivity index (χ4v) is 3.01. The third-order valence-electron chi connectivity index (χ3n) is 3.51. The number of halogens is 3. The van der Waals surface area contributed by atoms with E-state index in [4.69, 9.17) is 11.6 Å². The molecule has 0 aromatic heterocycles. The van der Waals surface area contributed by atoms with E-state index >= 15 is 0 Å². The second kappa shape index (κ2) is 6.73. The molecule has 0 heterocycles. The quantitative estimate of drug-likeness (QED) is 0.586. The van der Waals surface area contributed by atoms with E-state index in [-0.39, 0.29) is 5.82 Å². The highest BCUT2D eigenvalue weighted by molar-refractivity contribution is 9.10. The molecule has 0 bridgehead atoms. The van der Waals surface area contributed by atoms with E-state index in [2.05, 4.69) is 48.0 Å². The molecule has 20 heavy (non-hydrogen) atoms. The van der Waals surface area contributed by atoms with E-state index in [0.717, 1.165) is 22.9 Å². The van der Waals surface area contributed by atoms with E-state index in [1.165, 1.54) is 17.2 Å². The molecule has 2 aromatic rings. The topological polar surface area (TPSA) is 0 Å². The van der Waals surface area contributed by atoms with E-state index < -0.39 is 5.38 Å². The zero-order valence-electron chi connectivity index (χ0n) is 11.6. The average molecular weight is 356 g/mol. The molecule has 0 amide bonds. The van der Waals surface area contributed by atoms with E-state index in [1.807, 2.05) is 6.07 Å². The van der Waals surface area contributed by atoms with Crippen LogP contribution in [-0.4, -0.2) is 0 Å². The Hall–Kier alpha value is -0.860. The van der Waals surface area contributed by atoms with Gasteiger partial charge in [0.25, 0.3) is 0 Å². The highest BCUT2D eigenvalue weighted by Gasteiger charge is 2.18. The lowest BCUT2D eigenvalue weighted by atomic mass is 9.95. The smallest absolute Gasteiger partial charge is 0.129 e. The Morgan fingerprint density at radius 3 is 2.40 bits per heavy atom. The van der Waals surface area contributed by atoms with Gasteiger partial charge in [-0.2, -0.15) is 0 Å². The van der Waals surface area contributed by atoms with Gasteiger partial charge in [0.2, 0.25) is 0 Å². The maximum Gasteiger partial charge on any atom is 0.129 e. The molecule has 3 heteroatoms. The van der Waals surface area contributed by atoms with Gasteiger partial charge < -0.3 is 0 Å². The summed E-state index contributed by atoms with van der Waals surface area (Å²) in [7, 11) is 0. The third kappa shape index (κ3) is 3.24. The van der Waals surface area contributed by atoms with Crippen LogP contribution >= 0.6 is 27.5 Å². The minimum absolute atomic E-state index is 0.275. The van der Waals surface area contributed by atoms with Crippen LogP contribution in [0.4, 0.5) is 4.39 Å². The van der Waals surface area contributed by atoms with Crippen LogP contribution in [0.1, 0.15) is 41.5 Å². The van der Waals surface area contributed by atoms with Crippen molar-refractivity contribution in [3.05, 3.63) is 68.9 Å². The molecule has 0 spiro atoms. The summed E-state index contributed by atoms with van der Waals surface area (Å²) in [5.41, 5.74) is 3.93. The Morgan fingerprint density at radius 2 is 1.80 bits per heavy atom. The van der Waals surface area contributed by atoms with Gasteiger partial charge in [0.15, 0.2) is 0 Å². The Balaban J connectivity index is 2.48. The molecule has 0 N–H and O–H groups in total. The van der Waals surface area contributed by atoms with Crippen molar-refractivity contribution in [3.8, 4) is 0 Å². The molecule has 0 aliphatic heterocycles. The molecule has 0 aliphatic rings. The molecule has 1 unspecified atom stereocenters. The second-order valence-corrected chi connectivity index (χ2v) is 6.12. The summed E-state index contributed by atoms with van der Waals surface area (Å²) >= 11 is 9.82. The van der Waals surface area contributed by atoms with Crippen molar-refractivity contribution in [1.29, 1.82) is 0 Å². The summed E-state index contributed by atoms with van der Waals surface area (Å²) < 4.78 is 14.8. The van der Waals surface area contributed by atoms with Crippen LogP contribution in [-0.2, 0) is 12.8 Å². The van der Waals surface area contributed by atoms with Crippen LogP contribution in [0, 0.1) is 5.82 Å². The van der Waals surface area contributed by atoms with Crippen LogP contribution < -0.4 is 0 Å². The maximum absolute atomic E-state index is 14.1. The molecule has 2 rings (SSSR count). The highest BCUT2D eigenvalue weighted by atomic mass is 79.9. The summed E-state index contributed by atoms with van der Waals surface area (Å²) in [6.07, 6.45) is 1.84. The zero-order chi connectivity index (χ0) is 14.7. The van der Waals surface area contributed by atoms with Crippen LogP contribution in [0.2, 0.25) is 0 Å². The SMILES string of the molecule is CCc1ccc(CC)c(C(Cl)c2ccc(Br)cc2F)c1. The summed E-state index contributed by atoms with van der Waals surface area (Å²) in [5.74, 6) is -0.275. The maximum atomic E-state index is 14.1. The molecule has 0 nitrogen and oxygen atoms in total. The van der Waals surface area contributed by atoms with Crippen LogP contribution in [0.5, 0.6) is 0 Å². The molecule has 2 aromatic carbocycles. The van der Waals surface area contributed by atoms with Crippen LogP contribution in [0.3, 0.4) is 0 Å². The van der Waals surface area contributed by atoms with Crippen LogP contribution in [0.15, 0.2) is 40.9 Å². The molecule has 0 aliphatic carbocycles. The Bertz CT molecular complexity index is 610. The van der Waals surface area contributed by atoms with Crippen molar-refractivity contribution in [3.63, 3.8) is 0 Å². The lowest BCUT2D eigenvalue weighted by Gasteiger charge is -2.17. The number of alkyl halides is 1. The highest BCUT2D eigenvalue weighted by Crippen LogP contribution is 2.34. The molecular formula is C17H17BrClF. The fourth-order valence-electron chi connectivity index (χ4n) is 2.30. The van der Waals surface area contributed by atoms with Gasteiger partial charge in [-0.3, -0.25) is 0 Å². The van der Waals surface area contributed by atoms with Gasteiger partial charge in [0.05, 0.1) is 5.38 Å². The minimum atomic E-state index is -0.454. The Labute approximate surface area is 133 Å². The first-order valence-electron chi connectivity index (χ1n) is 6.77. The summed E-state index contributed by atoms with van der Waals surface area (Å²) in [5, 5.41) is -0.454. The van der Waals surface area contributed by atoms with Crippen molar-refractivity contribution < 1.29 is 4.39 Å². The molecule has 0 saturated carbocycles. The van der Waals surface area contributed by atoms with E-state index in [9.17, 15) is 4.39 Å². The third-order valence-corrected chi connectivity index (χ3v) is 4.47. The average Bonchev–Trinajstić information content (AvgIpc) is 2.46. The summed E-state index contributed by atoms with van der Waals surface area (Å²) in [6, 6.07) is 11.3. The van der Waals surface area contributed by atoms with Crippen molar-refractivity contribution in [2.75, 3.05) is 0 Å². The first-order chi connectivity index (χ1) is 9.56. The molecule has 0 saturated heterocycles. The number of rotatable bonds is 4. The Kier molecular flexibility index (Phi) is 5.22. The molecular weight excluding hydrogens is 339 g/mol. The molecule has 0 fully saturated rings. The summed E-state index contributed by atoms with van der Waals surface area (Å²) in [4.78, 5) is 0. The lowest BCUT2D eigenvalue weighted by molar-refractivity contribution is 0.611. The standard InChI is InChI=1S/C17H17BrClF/c1-3-11-5-6-12(4-2)15(9-11)17(19)14-8-7-13(18)10-16(14)20/h5-10,17H,3-4H2,1-2H3. The minimum Gasteiger partial charge on any atom is -0.207 e. The number of hydrogen-bond donors (Lipinski definition) is 0. The first-order valence-corrected chi connectivity index (χ1v) is 8.00. The van der Waals surface area contributed by atoms with Gasteiger partial charge in [-0.15, -0.1) is 11.6 Å². The first kappa shape index (κ1) is 15.5. The van der Waals surface area contributed by atoms with Gasteiger partial charge in [-0.05, 0) is 41.7 Å². The van der Waals surface area contributed by atoms with Gasteiger partial charge in [-0.25, -0.2) is 4.39 Å². The lowest BCUT2D eigenvalue weighted by Crippen LogP contribution is -2.02. The molecule has 0 radical (unpaired) electrons. The van der Waals surface area contributed by atoms with Crippen molar-refractivity contribution in [2.24, 2.45) is 0 Å². The van der Waals surface area contributed by atoms with Gasteiger partial charge in [-0.1, -0.05) is 54.0 Å². The largest absolute Gasteiger partial charge is 0.207 e. The predicted molar refractivity (Wildman–Crippen MR) is 87.0 cm³/mol. The van der Waals surface area contributed by atoms with Gasteiger partial charge in [0.1, 0.15) is 5.82 Å². The Morgan fingerprint density at radius 1 is 1.05 bits per heavy atom. The normalized spacial score (nSPS) is 12.4. The zero-order valence-corrected chi connectivity index (χ0v) is 13.9. The molecule has 106 valence electrons. The van der Waals surface area contributed by atoms with E-state index in [0.29, 0.717) is 5.56 Å². The summed E-state index contributed by atoms with van der Waals surface area (Å²) in [6.45, 7) is 4.19. The molecule has 1 atom stereocenters. The van der Waals surface area contributed by atoms with Gasteiger partial charge >= 0.3 is 0 Å². The van der Waals surface area contributed by atoms with Crippen molar-refractivity contribution >= 4 is 27.5 Å². The van der Waals surface area contributed by atoms with Crippen molar-refractivity contribution in [1.82, 2.24) is 0 Å². The number of benzene rings is 2. The fraction of sp³-hybridized carbons (Fsp3) is 0.294. The van der Waals surface area contributed by atoms with E-state index in [1.54, 1.807) is 6.07 Å².